The van der Waals surface area contributed by atoms with Crippen molar-refractivity contribution in [1.29, 1.82) is 5.26 Å². The maximum atomic E-state index is 14.0. The molecule has 8 heteroatoms. The summed E-state index contributed by atoms with van der Waals surface area (Å²) in [7, 11) is 1.08. The van der Waals surface area contributed by atoms with E-state index >= 15 is 0 Å². The van der Waals surface area contributed by atoms with Crippen LogP contribution in [0.15, 0.2) is 12.1 Å². The average Bonchev–Trinajstić information content (AvgIpc) is 2.70. The Kier molecular flexibility index (Phi) is 4.30. The van der Waals surface area contributed by atoms with E-state index in [1.54, 1.807) is 6.07 Å². The van der Waals surface area contributed by atoms with Crippen LogP contribution < -0.4 is 4.74 Å². The predicted octanol–water partition coefficient (Wildman–Crippen LogP) is 4.33. The maximum Gasteiger partial charge on any atom is 0.417 e. The molecule has 0 unspecified atom stereocenters. The maximum absolute atomic E-state index is 14.0. The Morgan fingerprint density at radius 1 is 1.25 bits per heavy atom. The summed E-state index contributed by atoms with van der Waals surface area (Å²) in [6.07, 6.45) is -4.74. The van der Waals surface area contributed by atoms with Gasteiger partial charge < -0.3 is 9.47 Å². The highest BCUT2D eigenvalue weighted by Crippen LogP contribution is 2.58. The van der Waals surface area contributed by atoms with Gasteiger partial charge in [-0.25, -0.2) is 4.39 Å². The summed E-state index contributed by atoms with van der Waals surface area (Å²) in [5.74, 6) is -5.44. The van der Waals surface area contributed by atoms with Gasteiger partial charge in [-0.2, -0.15) is 22.8 Å². The first-order valence-electron chi connectivity index (χ1n) is 7.13. The van der Waals surface area contributed by atoms with Gasteiger partial charge in [-0.3, -0.25) is 0 Å². The van der Waals surface area contributed by atoms with E-state index in [-0.39, 0.29) is 5.56 Å². The number of nitrogens with zero attached hydrogens (tertiary/aromatic N) is 1. The van der Waals surface area contributed by atoms with Crippen LogP contribution in [0.1, 0.15) is 32.3 Å². The van der Waals surface area contributed by atoms with Crippen LogP contribution in [0, 0.1) is 28.9 Å². The van der Waals surface area contributed by atoms with Crippen LogP contribution >= 0.6 is 0 Å². The Balaban J connectivity index is 2.70. The summed E-state index contributed by atoms with van der Waals surface area (Å²) < 4.78 is 77.9. The molecule has 4 atom stereocenters. The molecule has 1 fully saturated rings. The summed E-state index contributed by atoms with van der Waals surface area (Å²) in [6.45, 7) is 3.31. The molecule has 2 rings (SSSR count). The number of hydrogen-bond donors (Lipinski definition) is 0. The summed E-state index contributed by atoms with van der Waals surface area (Å²) in [4.78, 5) is 0. The van der Waals surface area contributed by atoms with Gasteiger partial charge in [0.15, 0.2) is 22.8 Å². The molecule has 1 heterocycles. The molecule has 0 aliphatic carbocycles. The standard InChI is InChI=1S/C16H16F5NO2/c1-8-11(9-5-6-10(17)12(18)13(9)23-4)14(2,7-22)24-15(8,3)16(19,20)21/h5-6,8,11H,1-4H3/t8-,11-,14-,15+/m0/s1. The molecular weight excluding hydrogens is 333 g/mol. The Labute approximate surface area is 136 Å². The minimum absolute atomic E-state index is 0.0408. The number of benzene rings is 1. The molecule has 0 N–H and O–H groups in total. The van der Waals surface area contributed by atoms with E-state index in [9.17, 15) is 27.2 Å². The first kappa shape index (κ1) is 18.5. The summed E-state index contributed by atoms with van der Waals surface area (Å²) in [5.41, 5.74) is -4.54. The Hall–Kier alpha value is -1.88. The first-order chi connectivity index (χ1) is 10.9. The van der Waals surface area contributed by atoms with Crippen LogP contribution in [0.3, 0.4) is 0 Å². The second-order valence-electron chi connectivity index (χ2n) is 6.18. The summed E-state index contributed by atoms with van der Waals surface area (Å²) in [6, 6.07) is 3.66. The molecular formula is C16H16F5NO2. The highest BCUT2D eigenvalue weighted by atomic mass is 19.4. The van der Waals surface area contributed by atoms with Gasteiger partial charge in [0.05, 0.1) is 13.2 Å². The van der Waals surface area contributed by atoms with Crippen molar-refractivity contribution in [2.24, 2.45) is 5.92 Å². The van der Waals surface area contributed by atoms with Crippen molar-refractivity contribution >= 4 is 0 Å². The minimum Gasteiger partial charge on any atom is -0.493 e. The van der Waals surface area contributed by atoms with E-state index in [2.05, 4.69) is 0 Å². The number of methoxy groups -OCH3 is 1. The lowest BCUT2D eigenvalue weighted by atomic mass is 9.73. The summed E-state index contributed by atoms with van der Waals surface area (Å²) >= 11 is 0. The molecule has 1 saturated heterocycles. The largest absolute Gasteiger partial charge is 0.493 e. The van der Waals surface area contributed by atoms with Crippen molar-refractivity contribution in [2.75, 3.05) is 7.11 Å². The van der Waals surface area contributed by atoms with Gasteiger partial charge in [-0.1, -0.05) is 13.0 Å². The third-order valence-electron chi connectivity index (χ3n) is 4.79. The summed E-state index contributed by atoms with van der Waals surface area (Å²) in [5, 5.41) is 9.41. The Morgan fingerprint density at radius 2 is 1.83 bits per heavy atom. The fourth-order valence-electron chi connectivity index (χ4n) is 3.37. The van der Waals surface area contributed by atoms with Crippen molar-refractivity contribution in [3.63, 3.8) is 0 Å². The van der Waals surface area contributed by atoms with E-state index in [4.69, 9.17) is 9.47 Å². The van der Waals surface area contributed by atoms with E-state index in [1.807, 2.05) is 0 Å². The zero-order valence-corrected chi connectivity index (χ0v) is 13.5. The zero-order chi connectivity index (χ0) is 18.5. The second kappa shape index (κ2) is 5.59. The van der Waals surface area contributed by atoms with Crippen molar-refractivity contribution in [3.8, 4) is 11.8 Å². The quantitative estimate of drug-likeness (QED) is 0.747. The van der Waals surface area contributed by atoms with E-state index in [0.717, 1.165) is 26.2 Å². The highest BCUT2D eigenvalue weighted by molar-refractivity contribution is 5.43. The molecule has 0 amide bonds. The van der Waals surface area contributed by atoms with Gasteiger partial charge in [-0.15, -0.1) is 0 Å². The number of nitriles is 1. The lowest BCUT2D eigenvalue weighted by Gasteiger charge is -2.31. The molecule has 0 spiro atoms. The number of halogens is 5. The average molecular weight is 349 g/mol. The predicted molar refractivity (Wildman–Crippen MR) is 74.4 cm³/mol. The van der Waals surface area contributed by atoms with Crippen LogP contribution in [0.5, 0.6) is 5.75 Å². The zero-order valence-electron chi connectivity index (χ0n) is 13.5. The molecule has 24 heavy (non-hydrogen) atoms. The molecule has 1 aromatic carbocycles. The van der Waals surface area contributed by atoms with Gasteiger partial charge in [0.1, 0.15) is 0 Å². The molecule has 1 aliphatic heterocycles. The highest BCUT2D eigenvalue weighted by Gasteiger charge is 2.68. The molecule has 0 radical (unpaired) electrons. The third-order valence-corrected chi connectivity index (χ3v) is 4.79. The van der Waals surface area contributed by atoms with Gasteiger partial charge in [0.2, 0.25) is 5.82 Å². The SMILES string of the molecule is COc1c([C@@H]2[C@H](C)[C@](C)(C(F)(F)F)O[C@@]2(C)C#N)ccc(F)c1F. The molecule has 0 saturated carbocycles. The normalized spacial score (nSPS) is 33.3. The van der Waals surface area contributed by atoms with Crippen molar-refractivity contribution in [1.82, 2.24) is 0 Å². The molecule has 132 valence electrons. The fourth-order valence-corrected chi connectivity index (χ4v) is 3.37. The van der Waals surface area contributed by atoms with Crippen LogP contribution in [0.25, 0.3) is 0 Å². The van der Waals surface area contributed by atoms with E-state index in [0.29, 0.717) is 0 Å². The van der Waals surface area contributed by atoms with Gasteiger partial charge in [-0.05, 0) is 19.9 Å². The van der Waals surface area contributed by atoms with Gasteiger partial charge >= 0.3 is 6.18 Å². The minimum atomic E-state index is -4.74. The number of rotatable bonds is 2. The lowest BCUT2D eigenvalue weighted by Crippen LogP contribution is -2.47. The number of alkyl halides is 3. The van der Waals surface area contributed by atoms with E-state index < -0.39 is 46.6 Å². The van der Waals surface area contributed by atoms with Crippen molar-refractivity contribution in [3.05, 3.63) is 29.3 Å². The molecule has 1 aliphatic rings. The smallest absolute Gasteiger partial charge is 0.417 e. The first-order valence-corrected chi connectivity index (χ1v) is 7.13. The van der Waals surface area contributed by atoms with E-state index in [1.165, 1.54) is 13.8 Å². The van der Waals surface area contributed by atoms with Gasteiger partial charge in [0.25, 0.3) is 0 Å². The lowest BCUT2D eigenvalue weighted by molar-refractivity contribution is -0.279. The Bertz CT molecular complexity index is 699. The van der Waals surface area contributed by atoms with Crippen LogP contribution in [-0.4, -0.2) is 24.5 Å². The Morgan fingerprint density at radius 3 is 2.29 bits per heavy atom. The molecule has 0 bridgehead atoms. The molecule has 1 aromatic rings. The van der Waals surface area contributed by atoms with Crippen molar-refractivity contribution < 1.29 is 31.4 Å². The van der Waals surface area contributed by atoms with Crippen LogP contribution in [0.4, 0.5) is 22.0 Å². The molecule has 3 nitrogen and oxygen atoms in total. The monoisotopic (exact) mass is 349 g/mol. The van der Waals surface area contributed by atoms with Crippen LogP contribution in [0.2, 0.25) is 0 Å². The number of ether oxygens (including phenoxy) is 2. The second-order valence-corrected chi connectivity index (χ2v) is 6.18. The fraction of sp³-hybridized carbons (Fsp3) is 0.562. The number of hydrogen-bond acceptors (Lipinski definition) is 3. The molecule has 0 aromatic heterocycles. The van der Waals surface area contributed by atoms with Gasteiger partial charge in [0, 0.05) is 17.4 Å². The third kappa shape index (κ3) is 2.42. The van der Waals surface area contributed by atoms with Crippen LogP contribution in [-0.2, 0) is 4.74 Å². The van der Waals surface area contributed by atoms with Crippen molar-refractivity contribution in [2.45, 2.75) is 44.1 Å². The topological polar surface area (TPSA) is 42.2 Å².